The monoisotopic (exact) mass is 398 g/mol. The molecule has 0 saturated heterocycles. The van der Waals surface area contributed by atoms with E-state index in [1.165, 1.54) is 37.3 Å². The first kappa shape index (κ1) is 18.0. The van der Waals surface area contributed by atoms with E-state index in [0.29, 0.717) is 17.2 Å². The molecule has 0 bridgehead atoms. The molecule has 3 aromatic carbocycles. The van der Waals surface area contributed by atoms with Crippen LogP contribution in [0.15, 0.2) is 65.6 Å². The Morgan fingerprint density at radius 2 is 1.79 bits per heavy atom. The normalized spacial score (nSPS) is 12.9. The van der Waals surface area contributed by atoms with E-state index < -0.39 is 21.7 Å². The molecule has 6 nitrogen and oxygen atoms in total. The summed E-state index contributed by atoms with van der Waals surface area (Å²) >= 11 is 0. The maximum Gasteiger partial charge on any atom is 0.261 e. The second-order valence-corrected chi connectivity index (χ2v) is 7.96. The highest BCUT2D eigenvalue weighted by atomic mass is 32.2. The molecule has 28 heavy (non-hydrogen) atoms. The fraction of sp³-hybridized carbons (Fsp3) is 0.0500. The van der Waals surface area contributed by atoms with Crippen molar-refractivity contribution in [3.05, 3.63) is 77.6 Å². The van der Waals surface area contributed by atoms with Gasteiger partial charge >= 0.3 is 0 Å². The number of nitrogens with one attached hydrogen (secondary N) is 2. The average Bonchev–Trinajstić information content (AvgIpc) is 2.79. The zero-order valence-electron chi connectivity index (χ0n) is 14.7. The summed E-state index contributed by atoms with van der Waals surface area (Å²) in [7, 11) is -3.95. The summed E-state index contributed by atoms with van der Waals surface area (Å²) in [4.78, 5) is 12.5. The number of anilines is 2. The first-order chi connectivity index (χ1) is 13.3. The van der Waals surface area contributed by atoms with Crippen molar-refractivity contribution in [3.63, 3.8) is 0 Å². The number of benzene rings is 3. The van der Waals surface area contributed by atoms with Crippen LogP contribution in [-0.2, 0) is 10.0 Å². The van der Waals surface area contributed by atoms with Crippen molar-refractivity contribution < 1.29 is 22.3 Å². The molecule has 1 amide bonds. The summed E-state index contributed by atoms with van der Waals surface area (Å²) < 4.78 is 46.8. The lowest BCUT2D eigenvalue weighted by Crippen LogP contribution is -2.15. The zero-order chi connectivity index (χ0) is 19.9. The molecule has 0 radical (unpaired) electrons. The van der Waals surface area contributed by atoms with Crippen LogP contribution >= 0.6 is 0 Å². The van der Waals surface area contributed by atoms with E-state index in [0.717, 1.165) is 6.07 Å². The number of sulfonamides is 1. The maximum atomic E-state index is 13.4. The molecule has 0 aromatic heterocycles. The van der Waals surface area contributed by atoms with Gasteiger partial charge in [-0.05, 0) is 61.0 Å². The summed E-state index contributed by atoms with van der Waals surface area (Å²) in [6.45, 7) is 1.48. The van der Waals surface area contributed by atoms with Crippen LogP contribution in [0, 0.1) is 12.7 Å². The summed E-state index contributed by atoms with van der Waals surface area (Å²) in [6, 6.07) is 14.9. The smallest absolute Gasteiger partial charge is 0.261 e. The first-order valence-corrected chi connectivity index (χ1v) is 9.83. The minimum atomic E-state index is -3.95. The van der Waals surface area contributed by atoms with Gasteiger partial charge in [0.25, 0.3) is 15.9 Å². The van der Waals surface area contributed by atoms with Crippen LogP contribution < -0.4 is 14.8 Å². The lowest BCUT2D eigenvalue weighted by atomic mass is 10.1. The molecule has 0 atom stereocenters. The summed E-state index contributed by atoms with van der Waals surface area (Å²) in [5, 5.41) is 2.73. The molecule has 8 heteroatoms. The van der Waals surface area contributed by atoms with Crippen molar-refractivity contribution in [2.24, 2.45) is 0 Å². The van der Waals surface area contributed by atoms with Gasteiger partial charge < -0.3 is 10.1 Å². The van der Waals surface area contributed by atoms with Crippen LogP contribution in [0.4, 0.5) is 15.8 Å². The van der Waals surface area contributed by atoms with Crippen molar-refractivity contribution in [1.82, 2.24) is 0 Å². The lowest BCUT2D eigenvalue weighted by Gasteiger charge is -2.11. The quantitative estimate of drug-likeness (QED) is 0.689. The van der Waals surface area contributed by atoms with E-state index in [4.69, 9.17) is 4.74 Å². The van der Waals surface area contributed by atoms with Gasteiger partial charge in [0.15, 0.2) is 5.75 Å². The van der Waals surface area contributed by atoms with Gasteiger partial charge in [-0.15, -0.1) is 0 Å². The second kappa shape index (κ2) is 6.65. The summed E-state index contributed by atoms with van der Waals surface area (Å²) in [5.41, 5.74) is 1.11. The molecule has 142 valence electrons. The van der Waals surface area contributed by atoms with E-state index in [1.54, 1.807) is 24.3 Å². The Kier molecular flexibility index (Phi) is 4.27. The third kappa shape index (κ3) is 3.29. The van der Waals surface area contributed by atoms with Gasteiger partial charge in [0.2, 0.25) is 0 Å². The minimum absolute atomic E-state index is 0.0746. The molecular formula is C20H15FN2O4S. The highest BCUT2D eigenvalue weighted by Gasteiger charge is 2.22. The Balaban J connectivity index is 1.67. The van der Waals surface area contributed by atoms with E-state index in [2.05, 4.69) is 10.0 Å². The van der Waals surface area contributed by atoms with Gasteiger partial charge in [-0.25, -0.2) is 12.8 Å². The summed E-state index contributed by atoms with van der Waals surface area (Å²) in [5.74, 6) is -0.108. The number of para-hydroxylation sites is 2. The van der Waals surface area contributed by atoms with E-state index >= 15 is 0 Å². The number of aryl methyl sites for hydroxylation is 1. The number of fused-ring (bicyclic) bond motifs is 2. The van der Waals surface area contributed by atoms with Gasteiger partial charge in [0.1, 0.15) is 11.6 Å². The number of rotatable bonds is 3. The van der Waals surface area contributed by atoms with Crippen LogP contribution in [0.25, 0.3) is 0 Å². The fourth-order valence-corrected chi connectivity index (χ4v) is 3.96. The van der Waals surface area contributed by atoms with Gasteiger partial charge in [0.05, 0.1) is 16.1 Å². The summed E-state index contributed by atoms with van der Waals surface area (Å²) in [6.07, 6.45) is 0. The van der Waals surface area contributed by atoms with Gasteiger partial charge in [-0.1, -0.05) is 12.1 Å². The highest BCUT2D eigenvalue weighted by Crippen LogP contribution is 2.36. The van der Waals surface area contributed by atoms with Crippen molar-refractivity contribution >= 4 is 27.3 Å². The van der Waals surface area contributed by atoms with Crippen LogP contribution in [0.1, 0.15) is 15.9 Å². The van der Waals surface area contributed by atoms with Crippen LogP contribution in [0.5, 0.6) is 11.5 Å². The standard InChI is InChI=1S/C20H15FN2O4S/c1-12-10-14(7-8-16(12)21)28(25,26)23-13-6-9-18-15(11-13)20(24)22-17-4-2-3-5-19(17)27-18/h2-11,23H,1H3,(H,22,24). The van der Waals surface area contributed by atoms with Crippen LogP contribution in [0.2, 0.25) is 0 Å². The van der Waals surface area contributed by atoms with Gasteiger partial charge in [-0.3, -0.25) is 9.52 Å². The van der Waals surface area contributed by atoms with E-state index in [-0.39, 0.29) is 21.7 Å². The zero-order valence-corrected chi connectivity index (χ0v) is 15.5. The predicted molar refractivity (Wildman–Crippen MR) is 103 cm³/mol. The van der Waals surface area contributed by atoms with Crippen LogP contribution in [-0.4, -0.2) is 14.3 Å². The van der Waals surface area contributed by atoms with E-state index in [1.807, 2.05) is 0 Å². The largest absolute Gasteiger partial charge is 0.454 e. The van der Waals surface area contributed by atoms with Crippen molar-refractivity contribution in [3.8, 4) is 11.5 Å². The van der Waals surface area contributed by atoms with Crippen LogP contribution in [0.3, 0.4) is 0 Å². The lowest BCUT2D eigenvalue weighted by molar-refractivity contribution is 0.102. The molecule has 3 aromatic rings. The molecule has 0 unspecified atom stereocenters. The molecule has 1 aliphatic heterocycles. The highest BCUT2D eigenvalue weighted by molar-refractivity contribution is 7.92. The molecule has 0 saturated carbocycles. The van der Waals surface area contributed by atoms with Gasteiger partial charge in [-0.2, -0.15) is 0 Å². The number of hydrogen-bond donors (Lipinski definition) is 2. The second-order valence-electron chi connectivity index (χ2n) is 6.28. The molecular weight excluding hydrogens is 383 g/mol. The molecule has 1 aliphatic rings. The molecule has 0 fully saturated rings. The third-order valence-electron chi connectivity index (χ3n) is 4.27. The third-order valence-corrected chi connectivity index (χ3v) is 5.65. The minimum Gasteiger partial charge on any atom is -0.454 e. The Bertz CT molecular complexity index is 1210. The number of carbonyl (C=O) groups excluding carboxylic acids is 1. The molecule has 2 N–H and O–H groups in total. The maximum absolute atomic E-state index is 13.4. The Morgan fingerprint density at radius 3 is 2.57 bits per heavy atom. The number of amides is 1. The van der Waals surface area contributed by atoms with Crippen molar-refractivity contribution in [2.45, 2.75) is 11.8 Å². The molecule has 0 aliphatic carbocycles. The fourth-order valence-electron chi connectivity index (χ4n) is 2.83. The average molecular weight is 398 g/mol. The number of hydrogen-bond acceptors (Lipinski definition) is 4. The van der Waals surface area contributed by atoms with E-state index in [9.17, 15) is 17.6 Å². The Labute approximate surface area is 161 Å². The topological polar surface area (TPSA) is 84.5 Å². The SMILES string of the molecule is Cc1cc(S(=O)(=O)Nc2ccc3c(c2)C(=O)Nc2ccccc2O3)ccc1F. The number of ether oxygens (including phenoxy) is 1. The molecule has 4 rings (SSSR count). The number of halogens is 1. The molecule has 1 heterocycles. The van der Waals surface area contributed by atoms with Gasteiger partial charge in [0, 0.05) is 5.69 Å². The van der Waals surface area contributed by atoms with Crippen molar-refractivity contribution in [1.29, 1.82) is 0 Å². The number of carbonyl (C=O) groups is 1. The first-order valence-electron chi connectivity index (χ1n) is 8.35. The Hall–Kier alpha value is -3.39. The van der Waals surface area contributed by atoms with Crippen molar-refractivity contribution in [2.75, 3.05) is 10.0 Å². The molecule has 0 spiro atoms. The Morgan fingerprint density at radius 1 is 1.00 bits per heavy atom. The predicted octanol–water partition coefficient (Wildman–Crippen LogP) is 4.29.